The van der Waals surface area contributed by atoms with Crippen LogP contribution in [0.1, 0.15) is 44.7 Å². The number of nitrogens with zero attached hydrogens (tertiary/aromatic N) is 6. The van der Waals surface area contributed by atoms with E-state index in [0.29, 0.717) is 44.6 Å². The number of likely N-dealkylation sites (tertiary alicyclic amines) is 1. The van der Waals surface area contributed by atoms with Gasteiger partial charge in [0.15, 0.2) is 5.82 Å². The van der Waals surface area contributed by atoms with Crippen LogP contribution in [-0.2, 0) is 18.3 Å². The zero-order chi connectivity index (χ0) is 32.6. The fraction of sp³-hybridized carbons (Fsp3) is 0.486. The highest BCUT2D eigenvalue weighted by Gasteiger charge is 2.31. The quantitative estimate of drug-likeness (QED) is 0.218. The van der Waals surface area contributed by atoms with Gasteiger partial charge in [-0.3, -0.25) is 9.69 Å². The van der Waals surface area contributed by atoms with E-state index < -0.39 is 11.6 Å². The van der Waals surface area contributed by atoms with Gasteiger partial charge in [0.1, 0.15) is 29.6 Å². The van der Waals surface area contributed by atoms with Crippen LogP contribution < -0.4 is 19.7 Å². The third-order valence-electron chi connectivity index (χ3n) is 8.91. The molecule has 11 heteroatoms. The average Bonchev–Trinajstić information content (AvgIpc) is 3.51. The predicted octanol–water partition coefficient (Wildman–Crippen LogP) is 4.78. The number of benzene rings is 2. The maximum atomic E-state index is 14.1. The second kappa shape index (κ2) is 12.9. The Kier molecular flexibility index (Phi) is 8.86. The Hall–Kier alpha value is -4.27. The largest absolute Gasteiger partial charge is 0.462 e. The summed E-state index contributed by atoms with van der Waals surface area (Å²) >= 11 is 0. The van der Waals surface area contributed by atoms with Crippen molar-refractivity contribution < 1.29 is 18.7 Å². The fourth-order valence-electron chi connectivity index (χ4n) is 6.42. The molecule has 0 radical (unpaired) electrons. The maximum absolute atomic E-state index is 14.1. The molecule has 0 bridgehead atoms. The van der Waals surface area contributed by atoms with E-state index in [9.17, 15) is 14.4 Å². The van der Waals surface area contributed by atoms with Crippen molar-refractivity contribution >= 4 is 33.6 Å². The monoisotopic (exact) mass is 627 g/mol. The van der Waals surface area contributed by atoms with Crippen LogP contribution in [0.4, 0.5) is 10.2 Å². The molecular formula is C35H42FN7O3. The number of piperazine rings is 1. The third kappa shape index (κ3) is 6.64. The first kappa shape index (κ1) is 31.7. The molecule has 242 valence electrons. The van der Waals surface area contributed by atoms with Gasteiger partial charge in [0.05, 0.1) is 17.9 Å². The van der Waals surface area contributed by atoms with E-state index in [1.165, 1.54) is 0 Å². The number of alkyl halides is 1. The molecule has 2 saturated heterocycles. The minimum atomic E-state index is -0.871. The van der Waals surface area contributed by atoms with Crippen LogP contribution in [0.25, 0.3) is 21.8 Å². The van der Waals surface area contributed by atoms with Crippen LogP contribution >= 0.6 is 0 Å². The minimum absolute atomic E-state index is 0.0198. The number of aryl methyl sites for hydroxylation is 1. The van der Waals surface area contributed by atoms with Crippen molar-refractivity contribution in [3.63, 3.8) is 0 Å². The summed E-state index contributed by atoms with van der Waals surface area (Å²) in [7, 11) is 3.90. The number of likely N-dealkylation sites (N-methyl/N-ethyl adjacent to an activating group) is 1. The molecule has 2 aromatic carbocycles. The van der Waals surface area contributed by atoms with Gasteiger partial charge in [-0.2, -0.15) is 15.2 Å². The van der Waals surface area contributed by atoms with Crippen molar-refractivity contribution in [2.45, 2.75) is 58.3 Å². The van der Waals surface area contributed by atoms with Gasteiger partial charge < -0.3 is 24.3 Å². The number of hydrogen-bond donors (Lipinski definition) is 1. The number of ether oxygens (including phenoxy) is 2. The summed E-state index contributed by atoms with van der Waals surface area (Å²) < 4.78 is 28.2. The molecule has 46 heavy (non-hydrogen) atoms. The number of esters is 1. The summed E-state index contributed by atoms with van der Waals surface area (Å²) in [6.45, 7) is 8.26. The Morgan fingerprint density at radius 3 is 2.70 bits per heavy atom. The molecule has 0 spiro atoms. The van der Waals surface area contributed by atoms with Crippen molar-refractivity contribution in [1.29, 1.82) is 5.26 Å². The lowest BCUT2D eigenvalue weighted by molar-refractivity contribution is -0.142. The van der Waals surface area contributed by atoms with Crippen molar-refractivity contribution in [3.05, 3.63) is 53.7 Å². The standard InChI is InChI=1S/C35H42FN7O3/c1-35(2,3)33(44)46-28-15-22-8-6-7-9-29(22)23(16-28)14-24-18-42(5)31-30(24)39-34(45-21-27-17-25(36)19-41(27)4)40-32(31)43-13-12-38-26(20-43)10-11-37/h6-9,15-16,18,25-27,38H,10,12-14,17,19-21H2,1-5H3/t25-,26+,27+/m1/s1. The molecule has 0 amide bonds. The number of fused-ring (bicyclic) bond motifs is 2. The molecule has 10 nitrogen and oxygen atoms in total. The number of carbonyl (C=O) groups excluding carboxylic acids is 1. The SMILES string of the molecule is CN1C[C@H](F)C[C@H]1COc1nc(N2CCN[C@@H](CC#N)C2)c2c(n1)c(Cc1cc(OC(=O)C(C)(C)C)cc3ccccc13)cn2C. The van der Waals surface area contributed by atoms with Gasteiger partial charge in [-0.25, -0.2) is 4.39 Å². The first-order valence-electron chi connectivity index (χ1n) is 15.9. The van der Waals surface area contributed by atoms with Gasteiger partial charge >= 0.3 is 12.0 Å². The Labute approximate surface area is 269 Å². The lowest BCUT2D eigenvalue weighted by Crippen LogP contribution is -2.51. The summed E-state index contributed by atoms with van der Waals surface area (Å²) in [4.78, 5) is 26.8. The van der Waals surface area contributed by atoms with Crippen LogP contribution in [0.2, 0.25) is 0 Å². The predicted molar refractivity (Wildman–Crippen MR) is 176 cm³/mol. The van der Waals surface area contributed by atoms with E-state index in [1.54, 1.807) is 0 Å². The number of carbonyl (C=O) groups is 1. The second-order valence-electron chi connectivity index (χ2n) is 13.6. The van der Waals surface area contributed by atoms with Crippen molar-refractivity contribution in [2.75, 3.05) is 44.7 Å². The number of rotatable bonds is 8. The van der Waals surface area contributed by atoms with Crippen molar-refractivity contribution in [2.24, 2.45) is 12.5 Å². The molecule has 3 atom stereocenters. The van der Waals surface area contributed by atoms with Crippen LogP contribution in [0.5, 0.6) is 11.8 Å². The Bertz CT molecular complexity index is 1790. The topological polar surface area (TPSA) is 109 Å². The summed E-state index contributed by atoms with van der Waals surface area (Å²) in [5, 5.41) is 14.8. The number of nitriles is 1. The lowest BCUT2D eigenvalue weighted by atomic mass is 9.97. The molecule has 2 fully saturated rings. The smallest absolute Gasteiger partial charge is 0.319 e. The van der Waals surface area contributed by atoms with E-state index in [1.807, 2.05) is 70.1 Å². The maximum Gasteiger partial charge on any atom is 0.319 e. The number of anilines is 1. The summed E-state index contributed by atoms with van der Waals surface area (Å²) in [6, 6.07) is 14.4. The van der Waals surface area contributed by atoms with E-state index in [4.69, 9.17) is 19.4 Å². The highest BCUT2D eigenvalue weighted by molar-refractivity contribution is 5.92. The lowest BCUT2D eigenvalue weighted by Gasteiger charge is -2.34. The Morgan fingerprint density at radius 2 is 1.96 bits per heavy atom. The van der Waals surface area contributed by atoms with E-state index in [-0.39, 0.29) is 30.7 Å². The molecular weight excluding hydrogens is 585 g/mol. The van der Waals surface area contributed by atoms with Crippen molar-refractivity contribution in [3.8, 4) is 17.8 Å². The first-order valence-corrected chi connectivity index (χ1v) is 15.9. The minimum Gasteiger partial charge on any atom is -0.462 e. The van der Waals surface area contributed by atoms with Crippen LogP contribution in [-0.4, -0.2) is 83.5 Å². The summed E-state index contributed by atoms with van der Waals surface area (Å²) in [5.41, 5.74) is 2.98. The van der Waals surface area contributed by atoms with Gasteiger partial charge in [-0.05, 0) is 62.7 Å². The van der Waals surface area contributed by atoms with Gasteiger partial charge in [0.2, 0.25) is 0 Å². The number of hydrogen-bond acceptors (Lipinski definition) is 9. The highest BCUT2D eigenvalue weighted by Crippen LogP contribution is 2.34. The molecule has 0 saturated carbocycles. The third-order valence-corrected chi connectivity index (χ3v) is 8.91. The number of aromatic nitrogens is 3. The van der Waals surface area contributed by atoms with E-state index in [2.05, 4.69) is 33.1 Å². The van der Waals surface area contributed by atoms with Gasteiger partial charge in [0.25, 0.3) is 0 Å². The molecule has 1 N–H and O–H groups in total. The van der Waals surface area contributed by atoms with E-state index in [0.717, 1.165) is 45.3 Å². The van der Waals surface area contributed by atoms with E-state index >= 15 is 0 Å². The second-order valence-corrected chi connectivity index (χ2v) is 13.6. The summed E-state index contributed by atoms with van der Waals surface area (Å²) in [6.07, 6.45) is 2.54. The Balaban J connectivity index is 1.41. The highest BCUT2D eigenvalue weighted by atomic mass is 19.1. The van der Waals surface area contributed by atoms with Crippen LogP contribution in [0.15, 0.2) is 42.6 Å². The molecule has 2 aromatic heterocycles. The van der Waals surface area contributed by atoms with Crippen molar-refractivity contribution in [1.82, 2.24) is 24.8 Å². The molecule has 2 aliphatic rings. The normalized spacial score (nSPS) is 20.7. The molecule has 2 aliphatic heterocycles. The molecule has 6 rings (SSSR count). The van der Waals surface area contributed by atoms with Gasteiger partial charge in [0, 0.05) is 63.5 Å². The first-order chi connectivity index (χ1) is 22.0. The molecule has 0 unspecified atom stereocenters. The average molecular weight is 628 g/mol. The van der Waals surface area contributed by atoms with Crippen LogP contribution in [0.3, 0.4) is 0 Å². The fourth-order valence-corrected chi connectivity index (χ4v) is 6.42. The number of nitrogens with one attached hydrogen (secondary N) is 1. The molecule has 4 aromatic rings. The Morgan fingerprint density at radius 1 is 1.15 bits per heavy atom. The molecule has 4 heterocycles. The molecule has 0 aliphatic carbocycles. The van der Waals surface area contributed by atoms with Gasteiger partial charge in [-0.1, -0.05) is 24.3 Å². The van der Waals surface area contributed by atoms with Crippen LogP contribution in [0, 0.1) is 16.7 Å². The van der Waals surface area contributed by atoms with Gasteiger partial charge in [-0.15, -0.1) is 0 Å². The zero-order valence-corrected chi connectivity index (χ0v) is 27.2. The number of halogens is 1. The summed E-state index contributed by atoms with van der Waals surface area (Å²) in [5.74, 6) is 0.958. The zero-order valence-electron chi connectivity index (χ0n) is 27.2.